The molecule has 18 heavy (non-hydrogen) atoms. The van der Waals surface area contributed by atoms with Crippen LogP contribution < -0.4 is 5.43 Å². The second-order valence-corrected chi connectivity index (χ2v) is 4.37. The van der Waals surface area contributed by atoms with E-state index in [9.17, 15) is 4.79 Å². The summed E-state index contributed by atoms with van der Waals surface area (Å²) in [6.45, 7) is 5.42. The van der Waals surface area contributed by atoms with Crippen LogP contribution in [0.5, 0.6) is 0 Å². The van der Waals surface area contributed by atoms with Crippen molar-refractivity contribution in [2.75, 3.05) is 39.8 Å². The number of aromatic carboxylic acids is 1. The number of aromatic nitrogens is 3. The van der Waals surface area contributed by atoms with Gasteiger partial charge in [-0.1, -0.05) is 5.21 Å². The summed E-state index contributed by atoms with van der Waals surface area (Å²) in [5.74, 6) is -1.05. The second kappa shape index (κ2) is 5.89. The summed E-state index contributed by atoms with van der Waals surface area (Å²) >= 11 is 0. The third-order valence-corrected chi connectivity index (χ3v) is 2.94. The monoisotopic (exact) mass is 254 g/mol. The summed E-state index contributed by atoms with van der Waals surface area (Å²) in [5, 5.41) is 18.2. The highest BCUT2D eigenvalue weighted by molar-refractivity contribution is 5.84. The van der Waals surface area contributed by atoms with E-state index in [0.717, 1.165) is 26.2 Å². The van der Waals surface area contributed by atoms with Crippen LogP contribution in [0.1, 0.15) is 10.5 Å². The summed E-state index contributed by atoms with van der Waals surface area (Å²) in [7, 11) is 2.11. The smallest absolute Gasteiger partial charge is 0.358 e. The first-order chi connectivity index (χ1) is 8.65. The Morgan fingerprint density at radius 3 is 2.78 bits per heavy atom. The first-order valence-electron chi connectivity index (χ1n) is 5.95. The summed E-state index contributed by atoms with van der Waals surface area (Å²) in [4.78, 5) is 12.9. The topological polar surface area (TPSA) is 86.5 Å². The van der Waals surface area contributed by atoms with Gasteiger partial charge in [0.1, 0.15) is 0 Å². The van der Waals surface area contributed by atoms with Crippen molar-refractivity contribution in [3.8, 4) is 0 Å². The van der Waals surface area contributed by atoms with Crippen molar-refractivity contribution in [3.05, 3.63) is 11.9 Å². The van der Waals surface area contributed by atoms with E-state index in [4.69, 9.17) is 5.11 Å². The number of piperazine rings is 1. The molecule has 1 aliphatic rings. The predicted molar refractivity (Wildman–Crippen MR) is 64.1 cm³/mol. The highest BCUT2D eigenvalue weighted by atomic mass is 16.4. The van der Waals surface area contributed by atoms with Gasteiger partial charge >= 0.3 is 5.97 Å². The fourth-order valence-electron chi connectivity index (χ4n) is 1.79. The maximum absolute atomic E-state index is 10.6. The lowest BCUT2D eigenvalue weighted by Crippen LogP contribution is -2.51. The molecule has 0 atom stereocenters. The molecule has 2 rings (SSSR count). The lowest BCUT2D eigenvalue weighted by Gasteiger charge is -2.32. The van der Waals surface area contributed by atoms with Crippen molar-refractivity contribution in [1.29, 1.82) is 0 Å². The van der Waals surface area contributed by atoms with Gasteiger partial charge in [0, 0.05) is 32.7 Å². The zero-order valence-corrected chi connectivity index (χ0v) is 10.4. The number of carboxylic acid groups (broad SMARTS) is 1. The quantitative estimate of drug-likeness (QED) is 0.677. The fourth-order valence-corrected chi connectivity index (χ4v) is 1.79. The Balaban J connectivity index is 1.70. The normalized spacial score (nSPS) is 18.1. The molecule has 0 radical (unpaired) electrons. The Morgan fingerprint density at radius 1 is 1.44 bits per heavy atom. The molecule has 8 nitrogen and oxygen atoms in total. The van der Waals surface area contributed by atoms with Gasteiger partial charge in [0.2, 0.25) is 0 Å². The Bertz CT molecular complexity index is 399. The van der Waals surface area contributed by atoms with Crippen molar-refractivity contribution in [1.82, 2.24) is 30.3 Å². The predicted octanol–water partition coefficient (Wildman–Crippen LogP) is -1.27. The molecule has 8 heteroatoms. The molecule has 0 amide bonds. The molecular formula is C10H18N6O2. The molecule has 0 aliphatic carbocycles. The van der Waals surface area contributed by atoms with Gasteiger partial charge < -0.3 is 10.0 Å². The van der Waals surface area contributed by atoms with Gasteiger partial charge in [-0.2, -0.15) is 0 Å². The molecule has 1 fully saturated rings. The Labute approximate surface area is 105 Å². The molecule has 2 heterocycles. The van der Waals surface area contributed by atoms with Gasteiger partial charge in [-0.25, -0.2) is 9.80 Å². The number of carboxylic acids is 1. The zero-order valence-electron chi connectivity index (χ0n) is 10.4. The van der Waals surface area contributed by atoms with Crippen LogP contribution in [-0.2, 0) is 6.54 Å². The molecule has 0 saturated carbocycles. The first-order valence-corrected chi connectivity index (χ1v) is 5.95. The van der Waals surface area contributed by atoms with Gasteiger partial charge in [0.05, 0.1) is 12.7 Å². The number of carbonyl (C=O) groups is 1. The zero-order chi connectivity index (χ0) is 13.0. The molecule has 1 aromatic heterocycles. The Hall–Kier alpha value is -1.51. The van der Waals surface area contributed by atoms with E-state index in [-0.39, 0.29) is 5.69 Å². The average Bonchev–Trinajstić information content (AvgIpc) is 2.81. The summed E-state index contributed by atoms with van der Waals surface area (Å²) in [5.41, 5.74) is 3.28. The van der Waals surface area contributed by atoms with Crippen LogP contribution in [0.25, 0.3) is 0 Å². The van der Waals surface area contributed by atoms with E-state index in [1.807, 2.05) is 0 Å². The largest absolute Gasteiger partial charge is 0.476 e. The molecule has 0 bridgehead atoms. The van der Waals surface area contributed by atoms with Crippen LogP contribution in [0.2, 0.25) is 0 Å². The standard InChI is InChI=1S/C10H18N6O2/c1-14-4-6-15(7-5-14)11-2-3-16-8-9(10(17)18)12-13-16/h8,11H,2-7H2,1H3,(H,17,18). The molecule has 0 unspecified atom stereocenters. The third-order valence-electron chi connectivity index (χ3n) is 2.94. The number of nitrogens with zero attached hydrogens (tertiary/aromatic N) is 5. The summed E-state index contributed by atoms with van der Waals surface area (Å²) < 4.78 is 1.53. The molecule has 1 aliphatic heterocycles. The fraction of sp³-hybridized carbons (Fsp3) is 0.700. The minimum Gasteiger partial charge on any atom is -0.476 e. The molecule has 1 saturated heterocycles. The molecule has 0 spiro atoms. The lowest BCUT2D eigenvalue weighted by atomic mass is 10.4. The maximum Gasteiger partial charge on any atom is 0.358 e. The number of hydrogen-bond donors (Lipinski definition) is 2. The van der Waals surface area contributed by atoms with Crippen LogP contribution in [0.15, 0.2) is 6.20 Å². The third kappa shape index (κ3) is 3.49. The van der Waals surface area contributed by atoms with Crippen LogP contribution >= 0.6 is 0 Å². The van der Waals surface area contributed by atoms with E-state index in [2.05, 4.69) is 32.7 Å². The van der Waals surface area contributed by atoms with E-state index in [1.54, 1.807) is 0 Å². The lowest BCUT2D eigenvalue weighted by molar-refractivity contribution is 0.0690. The number of likely N-dealkylation sites (N-methyl/N-ethyl adjacent to an activating group) is 1. The Kier molecular flexibility index (Phi) is 4.24. The van der Waals surface area contributed by atoms with Crippen LogP contribution in [0.3, 0.4) is 0 Å². The van der Waals surface area contributed by atoms with Gasteiger partial charge in [-0.05, 0) is 7.05 Å². The summed E-state index contributed by atoms with van der Waals surface area (Å²) in [6, 6.07) is 0. The van der Waals surface area contributed by atoms with Crippen molar-refractivity contribution >= 4 is 5.97 Å². The van der Waals surface area contributed by atoms with Crippen molar-refractivity contribution in [2.24, 2.45) is 0 Å². The van der Waals surface area contributed by atoms with Crippen molar-refractivity contribution < 1.29 is 9.90 Å². The Morgan fingerprint density at radius 2 is 2.17 bits per heavy atom. The van der Waals surface area contributed by atoms with Gasteiger partial charge in [0.15, 0.2) is 5.69 Å². The minimum absolute atomic E-state index is 0.0189. The highest BCUT2D eigenvalue weighted by Crippen LogP contribution is 1.96. The van der Waals surface area contributed by atoms with Gasteiger partial charge in [0.25, 0.3) is 0 Å². The first kappa shape index (κ1) is 12.9. The molecule has 2 N–H and O–H groups in total. The number of hydrogen-bond acceptors (Lipinski definition) is 6. The number of rotatable bonds is 5. The number of nitrogens with one attached hydrogen (secondary N) is 1. The molecule has 0 aromatic carbocycles. The van der Waals surface area contributed by atoms with Gasteiger partial charge in [-0.3, -0.25) is 10.1 Å². The average molecular weight is 254 g/mol. The second-order valence-electron chi connectivity index (χ2n) is 4.37. The van der Waals surface area contributed by atoms with E-state index >= 15 is 0 Å². The van der Waals surface area contributed by atoms with Crippen LogP contribution in [-0.4, -0.2) is 75.7 Å². The van der Waals surface area contributed by atoms with Crippen LogP contribution in [0.4, 0.5) is 0 Å². The van der Waals surface area contributed by atoms with Crippen LogP contribution in [0, 0.1) is 0 Å². The minimum atomic E-state index is -1.05. The molecular weight excluding hydrogens is 236 g/mol. The molecule has 1 aromatic rings. The van der Waals surface area contributed by atoms with E-state index < -0.39 is 5.97 Å². The molecule has 100 valence electrons. The highest BCUT2D eigenvalue weighted by Gasteiger charge is 2.13. The summed E-state index contributed by atoms with van der Waals surface area (Å²) in [6.07, 6.45) is 1.44. The number of hydrazine groups is 1. The van der Waals surface area contributed by atoms with Crippen molar-refractivity contribution in [3.63, 3.8) is 0 Å². The van der Waals surface area contributed by atoms with E-state index in [0.29, 0.717) is 13.1 Å². The maximum atomic E-state index is 10.6. The van der Waals surface area contributed by atoms with Crippen molar-refractivity contribution in [2.45, 2.75) is 6.54 Å². The van der Waals surface area contributed by atoms with E-state index in [1.165, 1.54) is 10.9 Å². The van der Waals surface area contributed by atoms with Gasteiger partial charge in [-0.15, -0.1) is 5.10 Å². The SMILES string of the molecule is CN1CCN(NCCn2cc(C(=O)O)nn2)CC1.